The van der Waals surface area contributed by atoms with E-state index >= 15 is 0 Å². The van der Waals surface area contributed by atoms with Crippen LogP contribution in [-0.2, 0) is 6.54 Å². The molecular weight excluding hydrogens is 222 g/mol. The predicted molar refractivity (Wildman–Crippen MR) is 59.7 cm³/mol. The van der Waals surface area contributed by atoms with Gasteiger partial charge >= 0.3 is 0 Å². The third-order valence-electron chi connectivity index (χ3n) is 2.08. The zero-order valence-electron chi connectivity index (χ0n) is 8.88. The molecule has 2 aromatic rings. The van der Waals surface area contributed by atoms with Crippen LogP contribution >= 0.6 is 0 Å². The van der Waals surface area contributed by atoms with E-state index in [1.54, 1.807) is 18.2 Å². The van der Waals surface area contributed by atoms with Crippen LogP contribution in [0.25, 0.3) is 0 Å². The molecule has 0 radical (unpaired) electrons. The molecule has 2 aromatic heterocycles. The number of nitrogens with one attached hydrogen (secondary N) is 2. The zero-order valence-corrected chi connectivity index (χ0v) is 8.88. The van der Waals surface area contributed by atoms with Crippen LogP contribution in [0.4, 0.5) is 5.69 Å². The average molecular weight is 233 g/mol. The lowest BCUT2D eigenvalue weighted by Gasteiger charge is -2.03. The van der Waals surface area contributed by atoms with Gasteiger partial charge in [0.2, 0.25) is 0 Å². The number of hydrazine groups is 1. The highest BCUT2D eigenvalue weighted by Gasteiger charge is 2.07. The van der Waals surface area contributed by atoms with Gasteiger partial charge in [-0.3, -0.25) is 10.6 Å². The number of aromatic nitrogens is 2. The van der Waals surface area contributed by atoms with E-state index in [0.717, 1.165) is 0 Å². The first-order valence-electron chi connectivity index (χ1n) is 4.90. The summed E-state index contributed by atoms with van der Waals surface area (Å²) in [5.74, 6) is 5.48. The van der Waals surface area contributed by atoms with E-state index in [2.05, 4.69) is 20.9 Å². The number of pyridine rings is 1. The molecule has 0 atom stereocenters. The van der Waals surface area contributed by atoms with Crippen LogP contribution in [-0.4, -0.2) is 16.0 Å². The van der Waals surface area contributed by atoms with Crippen molar-refractivity contribution in [2.75, 3.05) is 5.43 Å². The van der Waals surface area contributed by atoms with E-state index in [0.29, 0.717) is 17.1 Å². The molecule has 0 saturated carbocycles. The van der Waals surface area contributed by atoms with Gasteiger partial charge in [-0.15, -0.1) is 0 Å². The summed E-state index contributed by atoms with van der Waals surface area (Å²) in [5.41, 5.74) is 3.37. The summed E-state index contributed by atoms with van der Waals surface area (Å²) in [6.07, 6.45) is 2.99. The van der Waals surface area contributed by atoms with Crippen LogP contribution in [0.5, 0.6) is 0 Å². The molecule has 7 nitrogen and oxygen atoms in total. The molecule has 0 aliphatic rings. The maximum Gasteiger partial charge on any atom is 0.270 e. The summed E-state index contributed by atoms with van der Waals surface area (Å²) in [7, 11) is 0. The molecule has 0 aromatic carbocycles. The summed E-state index contributed by atoms with van der Waals surface area (Å²) in [5, 5.41) is 6.18. The lowest BCUT2D eigenvalue weighted by molar-refractivity contribution is 0.0942. The highest BCUT2D eigenvalue weighted by Crippen LogP contribution is 2.04. The molecular formula is C10H11N5O2. The van der Waals surface area contributed by atoms with Gasteiger partial charge in [0.25, 0.3) is 5.91 Å². The fourth-order valence-corrected chi connectivity index (χ4v) is 1.20. The van der Waals surface area contributed by atoms with Gasteiger partial charge in [-0.2, -0.15) is 0 Å². The van der Waals surface area contributed by atoms with Crippen molar-refractivity contribution in [2.45, 2.75) is 6.54 Å². The minimum absolute atomic E-state index is 0.275. The molecule has 1 amide bonds. The first kappa shape index (κ1) is 11.1. The smallest absolute Gasteiger partial charge is 0.270 e. The fraction of sp³-hybridized carbons (Fsp3) is 0.100. The zero-order chi connectivity index (χ0) is 12.1. The van der Waals surface area contributed by atoms with E-state index < -0.39 is 0 Å². The molecule has 2 rings (SSSR count). The number of hydrogen-bond donors (Lipinski definition) is 3. The van der Waals surface area contributed by atoms with Crippen molar-refractivity contribution in [2.24, 2.45) is 5.84 Å². The molecule has 88 valence electrons. The van der Waals surface area contributed by atoms with Gasteiger partial charge in [-0.25, -0.2) is 4.98 Å². The second-order valence-corrected chi connectivity index (χ2v) is 3.24. The van der Waals surface area contributed by atoms with Gasteiger partial charge in [0.1, 0.15) is 5.69 Å². The minimum Gasteiger partial charge on any atom is -0.360 e. The Morgan fingerprint density at radius 3 is 2.88 bits per heavy atom. The summed E-state index contributed by atoms with van der Waals surface area (Å²) < 4.78 is 4.84. The van der Waals surface area contributed by atoms with Gasteiger partial charge in [0.15, 0.2) is 5.76 Å². The Bertz CT molecular complexity index is 480. The van der Waals surface area contributed by atoms with Crippen LogP contribution < -0.4 is 16.6 Å². The van der Waals surface area contributed by atoms with Crippen molar-refractivity contribution >= 4 is 11.6 Å². The number of anilines is 1. The number of nitrogens with two attached hydrogens (primary N) is 1. The summed E-state index contributed by atoms with van der Waals surface area (Å²) in [4.78, 5) is 15.6. The van der Waals surface area contributed by atoms with Crippen LogP contribution in [0.2, 0.25) is 0 Å². The minimum atomic E-state index is -0.287. The molecule has 2 heterocycles. The maximum atomic E-state index is 11.7. The van der Waals surface area contributed by atoms with Crippen LogP contribution in [0.15, 0.2) is 35.1 Å². The summed E-state index contributed by atoms with van der Waals surface area (Å²) >= 11 is 0. The number of nitrogens with zero attached hydrogens (tertiary/aromatic N) is 2. The molecule has 0 bridgehead atoms. The number of amides is 1. The fourth-order valence-electron chi connectivity index (χ4n) is 1.20. The highest BCUT2D eigenvalue weighted by molar-refractivity contribution is 5.92. The second kappa shape index (κ2) is 5.08. The first-order chi connectivity index (χ1) is 8.29. The van der Waals surface area contributed by atoms with Crippen molar-refractivity contribution in [3.05, 3.63) is 42.0 Å². The van der Waals surface area contributed by atoms with Gasteiger partial charge in [-0.05, 0) is 12.1 Å². The number of nitrogen functional groups attached to an aromatic ring is 1. The third-order valence-corrected chi connectivity index (χ3v) is 2.08. The van der Waals surface area contributed by atoms with Crippen molar-refractivity contribution < 1.29 is 9.32 Å². The predicted octanol–water partition coefficient (Wildman–Crippen LogP) is 0.285. The summed E-state index contributed by atoms with van der Waals surface area (Å²) in [6.45, 7) is 0.275. The number of carbonyl (C=O) groups is 1. The molecule has 0 aliphatic heterocycles. The Hall–Kier alpha value is -2.41. The Labute approximate surface area is 97.0 Å². The largest absolute Gasteiger partial charge is 0.360 e. The Balaban J connectivity index is 1.95. The van der Waals surface area contributed by atoms with Gasteiger partial charge in [0.05, 0.1) is 24.6 Å². The van der Waals surface area contributed by atoms with Gasteiger partial charge in [0, 0.05) is 6.07 Å². The van der Waals surface area contributed by atoms with Crippen molar-refractivity contribution in [3.63, 3.8) is 0 Å². The van der Waals surface area contributed by atoms with Crippen molar-refractivity contribution in [3.8, 4) is 0 Å². The number of hydrogen-bond acceptors (Lipinski definition) is 6. The SMILES string of the molecule is NNc1ccc(C(=O)NCc2ccno2)nc1. The number of rotatable bonds is 4. The van der Waals surface area contributed by atoms with E-state index in [4.69, 9.17) is 10.4 Å². The Morgan fingerprint density at radius 1 is 1.41 bits per heavy atom. The van der Waals surface area contributed by atoms with Crippen LogP contribution in [0.3, 0.4) is 0 Å². The molecule has 0 spiro atoms. The van der Waals surface area contributed by atoms with E-state index in [-0.39, 0.29) is 12.5 Å². The van der Waals surface area contributed by atoms with E-state index in [9.17, 15) is 4.79 Å². The van der Waals surface area contributed by atoms with Gasteiger partial charge in [-0.1, -0.05) is 5.16 Å². The molecule has 0 saturated heterocycles. The highest BCUT2D eigenvalue weighted by atomic mass is 16.5. The summed E-state index contributed by atoms with van der Waals surface area (Å²) in [6, 6.07) is 4.91. The molecule has 4 N–H and O–H groups in total. The Morgan fingerprint density at radius 2 is 2.29 bits per heavy atom. The van der Waals surface area contributed by atoms with E-state index in [1.807, 2.05) is 0 Å². The second-order valence-electron chi connectivity index (χ2n) is 3.24. The standard InChI is InChI=1S/C10H11N5O2/c11-15-7-1-2-9(12-5-7)10(16)13-6-8-3-4-14-17-8/h1-5,15H,6,11H2,(H,13,16). The molecule has 0 fully saturated rings. The van der Waals surface area contributed by atoms with Crippen LogP contribution in [0.1, 0.15) is 16.2 Å². The normalized spacial score (nSPS) is 9.94. The third kappa shape index (κ3) is 2.79. The van der Waals surface area contributed by atoms with Crippen molar-refractivity contribution in [1.29, 1.82) is 0 Å². The molecule has 0 aliphatic carbocycles. The molecule has 17 heavy (non-hydrogen) atoms. The molecule has 7 heteroatoms. The lowest BCUT2D eigenvalue weighted by Crippen LogP contribution is -2.23. The van der Waals surface area contributed by atoms with Gasteiger partial charge < -0.3 is 15.3 Å². The lowest BCUT2D eigenvalue weighted by atomic mass is 10.3. The Kier molecular flexibility index (Phi) is 3.31. The van der Waals surface area contributed by atoms with Crippen molar-refractivity contribution in [1.82, 2.24) is 15.5 Å². The quantitative estimate of drug-likeness (QED) is 0.517. The molecule has 0 unspecified atom stereocenters. The van der Waals surface area contributed by atoms with Crippen LogP contribution in [0, 0.1) is 0 Å². The number of carbonyl (C=O) groups excluding carboxylic acids is 1. The maximum absolute atomic E-state index is 11.7. The first-order valence-corrected chi connectivity index (χ1v) is 4.90. The topological polar surface area (TPSA) is 106 Å². The van der Waals surface area contributed by atoms with E-state index in [1.165, 1.54) is 12.4 Å². The monoisotopic (exact) mass is 233 g/mol. The average Bonchev–Trinajstić information content (AvgIpc) is 2.89.